The molecule has 3 aromatic heterocycles. The molecule has 46 heavy (non-hydrogen) atoms. The van der Waals surface area contributed by atoms with Gasteiger partial charge in [-0.1, -0.05) is 54.9 Å². The lowest BCUT2D eigenvalue weighted by Crippen LogP contribution is -2.40. The van der Waals surface area contributed by atoms with Crippen LogP contribution >= 0.6 is 0 Å². The number of benzene rings is 2. The molecule has 0 saturated heterocycles. The van der Waals surface area contributed by atoms with Crippen molar-refractivity contribution in [2.45, 2.75) is 96.5 Å². The molecule has 242 valence electrons. The van der Waals surface area contributed by atoms with Crippen molar-refractivity contribution in [1.29, 1.82) is 0 Å². The van der Waals surface area contributed by atoms with Gasteiger partial charge in [-0.25, -0.2) is 13.7 Å². The smallest absolute Gasteiger partial charge is 0.388 e. The highest BCUT2D eigenvalue weighted by atomic mass is 19.1. The molecule has 2 N–H and O–H groups in total. The van der Waals surface area contributed by atoms with Crippen molar-refractivity contribution in [3.63, 3.8) is 0 Å². The average molecular weight is 631 g/mol. The van der Waals surface area contributed by atoms with Crippen LogP contribution in [0.1, 0.15) is 82.7 Å². The summed E-state index contributed by atoms with van der Waals surface area (Å²) < 4.78 is 30.2. The zero-order valence-electron chi connectivity index (χ0n) is 26.5. The molecular formula is C34H39FN6O5. The largest absolute Gasteiger partial charge is 0.439 e. The van der Waals surface area contributed by atoms with Gasteiger partial charge < -0.3 is 9.84 Å². The Balaban J connectivity index is 1.33. The highest BCUT2D eigenvalue weighted by Gasteiger charge is 2.31. The summed E-state index contributed by atoms with van der Waals surface area (Å²) in [6, 6.07) is 12.0. The summed E-state index contributed by atoms with van der Waals surface area (Å²) >= 11 is 0. The fourth-order valence-corrected chi connectivity index (χ4v) is 6.31. The maximum Gasteiger partial charge on any atom is 0.439 e. The average Bonchev–Trinajstić information content (AvgIpc) is 3.69. The van der Waals surface area contributed by atoms with Crippen LogP contribution in [0, 0.1) is 5.82 Å². The molecule has 3 heterocycles. The first-order chi connectivity index (χ1) is 22.0. The summed E-state index contributed by atoms with van der Waals surface area (Å²) in [4.78, 5) is 32.9. The number of fused-ring (bicyclic) bond motifs is 1. The van der Waals surface area contributed by atoms with E-state index < -0.39 is 17.2 Å². The van der Waals surface area contributed by atoms with Crippen molar-refractivity contribution in [3.8, 4) is 22.5 Å². The molecule has 11 nitrogen and oxygen atoms in total. The lowest BCUT2D eigenvalue weighted by Gasteiger charge is -2.35. The van der Waals surface area contributed by atoms with Crippen molar-refractivity contribution >= 4 is 5.78 Å². The number of hydrogen-bond acceptors (Lipinski definition) is 8. The molecule has 6 rings (SSSR count). The number of aliphatic hydroxyl groups is 1. The van der Waals surface area contributed by atoms with E-state index in [0.29, 0.717) is 52.9 Å². The molecule has 0 radical (unpaired) electrons. The Hall–Kier alpha value is -4.42. The van der Waals surface area contributed by atoms with Gasteiger partial charge in [0, 0.05) is 23.6 Å². The van der Waals surface area contributed by atoms with Gasteiger partial charge in [-0.2, -0.15) is 10.1 Å². The van der Waals surface area contributed by atoms with Crippen molar-refractivity contribution < 1.29 is 18.8 Å². The van der Waals surface area contributed by atoms with Gasteiger partial charge in [0.25, 0.3) is 5.56 Å². The van der Waals surface area contributed by atoms with E-state index in [4.69, 9.17) is 4.74 Å². The summed E-state index contributed by atoms with van der Waals surface area (Å²) in [6.07, 6.45) is 5.48. The molecule has 1 aliphatic carbocycles. The Morgan fingerprint density at radius 1 is 1.13 bits per heavy atom. The third kappa shape index (κ3) is 6.19. The summed E-state index contributed by atoms with van der Waals surface area (Å²) in [5.41, 5.74) is 2.36. The minimum absolute atomic E-state index is 0.0108. The molecule has 5 aromatic rings. The first-order valence-electron chi connectivity index (χ1n) is 15.8. The molecule has 1 aliphatic rings. The second-order valence-corrected chi connectivity index (χ2v) is 12.7. The van der Waals surface area contributed by atoms with E-state index in [1.165, 1.54) is 12.4 Å². The van der Waals surface area contributed by atoms with E-state index in [-0.39, 0.29) is 36.1 Å². The zero-order chi connectivity index (χ0) is 32.6. The third-order valence-electron chi connectivity index (χ3n) is 9.07. The SMILES string of the molecule is CCCc1c(Cc2ccc(-c3ccccc3-c3noc(=O)[nH]3)cc2F)c(=O)n(C2CCC(OC(C)C(C)(C)O)CC2)c2ncnn12. The lowest BCUT2D eigenvalue weighted by atomic mass is 9.91. The molecule has 1 atom stereocenters. The maximum absolute atomic E-state index is 15.9. The van der Waals surface area contributed by atoms with E-state index in [0.717, 1.165) is 25.0 Å². The number of H-pyrrole nitrogens is 1. The van der Waals surface area contributed by atoms with Crippen LogP contribution in [0.25, 0.3) is 28.3 Å². The van der Waals surface area contributed by atoms with E-state index in [9.17, 15) is 14.7 Å². The van der Waals surface area contributed by atoms with Gasteiger partial charge in [0.1, 0.15) is 12.1 Å². The number of aromatic amines is 1. The fourth-order valence-electron chi connectivity index (χ4n) is 6.31. The van der Waals surface area contributed by atoms with Crippen LogP contribution in [0.2, 0.25) is 0 Å². The first kappa shape index (κ1) is 31.6. The Kier molecular flexibility index (Phi) is 8.75. The van der Waals surface area contributed by atoms with Crippen LogP contribution in [0.15, 0.2) is 62.9 Å². The normalized spacial score (nSPS) is 17.9. The molecule has 2 aromatic carbocycles. The molecule has 1 unspecified atom stereocenters. The number of halogens is 1. The second kappa shape index (κ2) is 12.8. The van der Waals surface area contributed by atoms with Crippen LogP contribution in [0.5, 0.6) is 0 Å². The van der Waals surface area contributed by atoms with Gasteiger partial charge in [-0.15, -0.1) is 0 Å². The van der Waals surface area contributed by atoms with E-state index in [2.05, 4.69) is 24.7 Å². The number of aromatic nitrogens is 6. The number of hydrogen-bond donors (Lipinski definition) is 2. The van der Waals surface area contributed by atoms with E-state index >= 15 is 4.39 Å². The summed E-state index contributed by atoms with van der Waals surface area (Å²) in [5, 5.41) is 18.6. The minimum Gasteiger partial charge on any atom is -0.388 e. The Morgan fingerprint density at radius 3 is 2.52 bits per heavy atom. The fraction of sp³-hybridized carbons (Fsp3) is 0.441. The van der Waals surface area contributed by atoms with Gasteiger partial charge in [-0.3, -0.25) is 18.9 Å². The van der Waals surface area contributed by atoms with Gasteiger partial charge >= 0.3 is 5.76 Å². The molecule has 0 bridgehead atoms. The molecule has 0 aliphatic heterocycles. The molecule has 1 fully saturated rings. The van der Waals surface area contributed by atoms with Gasteiger partial charge in [0.15, 0.2) is 5.82 Å². The number of ether oxygens (including phenoxy) is 1. The van der Waals surface area contributed by atoms with Gasteiger partial charge in [0.2, 0.25) is 5.78 Å². The molecule has 0 amide bonds. The first-order valence-corrected chi connectivity index (χ1v) is 15.8. The van der Waals surface area contributed by atoms with Gasteiger partial charge in [0.05, 0.1) is 23.5 Å². The molecule has 1 saturated carbocycles. The van der Waals surface area contributed by atoms with Crippen molar-refractivity contribution in [2.24, 2.45) is 0 Å². The Morgan fingerprint density at radius 2 is 1.87 bits per heavy atom. The molecular weight excluding hydrogens is 591 g/mol. The third-order valence-corrected chi connectivity index (χ3v) is 9.07. The van der Waals surface area contributed by atoms with Crippen molar-refractivity contribution in [1.82, 2.24) is 29.3 Å². The van der Waals surface area contributed by atoms with Crippen LogP contribution in [-0.2, 0) is 17.6 Å². The summed E-state index contributed by atoms with van der Waals surface area (Å²) in [6.45, 7) is 7.38. The summed E-state index contributed by atoms with van der Waals surface area (Å²) in [5.74, 6) is -0.384. The van der Waals surface area contributed by atoms with Crippen LogP contribution in [0.4, 0.5) is 4.39 Å². The monoisotopic (exact) mass is 630 g/mol. The lowest BCUT2D eigenvalue weighted by molar-refractivity contribution is -0.118. The maximum atomic E-state index is 15.9. The van der Waals surface area contributed by atoms with E-state index in [1.807, 2.05) is 26.0 Å². The number of rotatable bonds is 10. The predicted octanol–water partition coefficient (Wildman–Crippen LogP) is 5.24. The van der Waals surface area contributed by atoms with Crippen LogP contribution in [-0.4, -0.2) is 52.2 Å². The Bertz CT molecular complexity index is 1960. The van der Waals surface area contributed by atoms with Crippen molar-refractivity contribution in [2.75, 3.05) is 0 Å². The van der Waals surface area contributed by atoms with E-state index in [1.54, 1.807) is 47.2 Å². The van der Waals surface area contributed by atoms with Crippen molar-refractivity contribution in [3.05, 3.63) is 92.3 Å². The van der Waals surface area contributed by atoms with Gasteiger partial charge in [-0.05, 0) is 75.6 Å². The molecule has 12 heteroatoms. The van der Waals surface area contributed by atoms with Crippen LogP contribution < -0.4 is 11.3 Å². The second-order valence-electron chi connectivity index (χ2n) is 12.7. The topological polar surface area (TPSA) is 141 Å². The number of aryl methyl sites for hydroxylation is 1. The number of nitrogens with zero attached hydrogens (tertiary/aromatic N) is 5. The Labute approximate surface area is 265 Å². The predicted molar refractivity (Wildman–Crippen MR) is 170 cm³/mol. The summed E-state index contributed by atoms with van der Waals surface area (Å²) in [7, 11) is 0. The highest BCUT2D eigenvalue weighted by molar-refractivity contribution is 5.80. The quantitative estimate of drug-likeness (QED) is 0.213. The minimum atomic E-state index is -0.945. The highest BCUT2D eigenvalue weighted by Crippen LogP contribution is 2.34. The zero-order valence-corrected chi connectivity index (χ0v) is 26.5. The molecule has 0 spiro atoms. The number of nitrogens with one attached hydrogen (secondary N) is 1. The standard InChI is InChI=1S/C34H39FN6O5/c1-5-8-29-27(17-22-12-11-21(18-28(22)35)25-9-6-7-10-26(25)30-38-33(43)46-39-30)31(42)40(32-36-19-37-41(29)32)23-13-15-24(16-14-23)45-20(2)34(3,4)44/h6-7,9-12,18-20,23-24,44H,5,8,13-17H2,1-4H3,(H,38,39,43). The van der Waals surface area contributed by atoms with Crippen LogP contribution in [0.3, 0.4) is 0 Å².